The molecule has 0 aliphatic carbocycles. The molecule has 27 heavy (non-hydrogen) atoms. The number of primary amides is 1. The average Bonchev–Trinajstić information content (AvgIpc) is 3.41. The van der Waals surface area contributed by atoms with Crippen molar-refractivity contribution in [1.82, 2.24) is 19.0 Å². The lowest BCUT2D eigenvalue weighted by molar-refractivity contribution is -0.123. The minimum absolute atomic E-state index is 0.0773. The molecule has 0 unspecified atom stereocenters. The molecule has 138 valence electrons. The van der Waals surface area contributed by atoms with Gasteiger partial charge in [-0.25, -0.2) is 4.98 Å². The minimum atomic E-state index is -0.337. The number of aromatic nitrogens is 3. The van der Waals surface area contributed by atoms with Crippen LogP contribution >= 0.6 is 0 Å². The molecule has 3 heterocycles. The van der Waals surface area contributed by atoms with E-state index in [1.165, 1.54) is 0 Å². The van der Waals surface area contributed by atoms with Gasteiger partial charge in [-0.15, -0.1) is 0 Å². The van der Waals surface area contributed by atoms with Gasteiger partial charge in [0.05, 0.1) is 23.6 Å². The van der Waals surface area contributed by atoms with E-state index in [0.717, 1.165) is 24.2 Å². The Bertz CT molecular complexity index is 947. The van der Waals surface area contributed by atoms with Gasteiger partial charge in [0.1, 0.15) is 0 Å². The molecule has 1 saturated heterocycles. The van der Waals surface area contributed by atoms with Crippen molar-refractivity contribution in [2.24, 2.45) is 11.7 Å². The van der Waals surface area contributed by atoms with Crippen molar-refractivity contribution in [3.63, 3.8) is 0 Å². The Morgan fingerprint density at radius 3 is 2.59 bits per heavy atom. The fraction of sp³-hybridized carbons (Fsp3) is 0.250. The zero-order valence-electron chi connectivity index (χ0n) is 14.9. The maximum absolute atomic E-state index is 13.0. The first-order chi connectivity index (χ1) is 13.1. The van der Waals surface area contributed by atoms with Crippen molar-refractivity contribution in [2.45, 2.75) is 12.8 Å². The lowest BCUT2D eigenvalue weighted by Gasteiger charge is -2.31. The molecule has 0 radical (unpaired) electrons. The van der Waals surface area contributed by atoms with Crippen LogP contribution in [-0.4, -0.2) is 43.9 Å². The van der Waals surface area contributed by atoms with Gasteiger partial charge in [0.15, 0.2) is 0 Å². The highest BCUT2D eigenvalue weighted by atomic mass is 16.2. The van der Waals surface area contributed by atoms with Crippen LogP contribution in [0.5, 0.6) is 0 Å². The summed E-state index contributed by atoms with van der Waals surface area (Å²) in [6.07, 6.45) is 10.7. The number of carbonyl (C=O) groups is 2. The zero-order valence-corrected chi connectivity index (χ0v) is 14.9. The molecule has 7 heteroatoms. The summed E-state index contributed by atoms with van der Waals surface area (Å²) in [5, 5.41) is 0. The van der Waals surface area contributed by atoms with Crippen molar-refractivity contribution in [3.05, 3.63) is 67.0 Å². The standard InChI is InChI=1S/C20H21N5O2/c21-19(26)16-4-3-10-24(13-16)20(27)15-5-6-17(25-11-7-22-14-25)18(12-15)23-8-1-2-9-23/h1-2,5-9,11-12,14,16H,3-4,10,13H2,(H2,21,26)/t16-/m0/s1. The molecule has 1 fully saturated rings. The van der Waals surface area contributed by atoms with E-state index in [2.05, 4.69) is 4.98 Å². The van der Waals surface area contributed by atoms with Gasteiger partial charge in [0.2, 0.25) is 5.91 Å². The second-order valence-corrected chi connectivity index (χ2v) is 6.76. The predicted octanol–water partition coefficient (Wildman–Crippen LogP) is 2.00. The van der Waals surface area contributed by atoms with Gasteiger partial charge >= 0.3 is 0 Å². The summed E-state index contributed by atoms with van der Waals surface area (Å²) in [4.78, 5) is 30.4. The Morgan fingerprint density at radius 2 is 1.89 bits per heavy atom. The third kappa shape index (κ3) is 3.36. The quantitative estimate of drug-likeness (QED) is 0.769. The number of piperidine rings is 1. The Balaban J connectivity index is 1.69. The Morgan fingerprint density at radius 1 is 1.07 bits per heavy atom. The van der Waals surface area contributed by atoms with Gasteiger partial charge in [-0.1, -0.05) is 0 Å². The number of rotatable bonds is 4. The van der Waals surface area contributed by atoms with E-state index in [0.29, 0.717) is 18.7 Å². The van der Waals surface area contributed by atoms with E-state index in [-0.39, 0.29) is 17.7 Å². The molecule has 2 amide bonds. The minimum Gasteiger partial charge on any atom is -0.369 e. The molecule has 2 aromatic heterocycles. The van der Waals surface area contributed by atoms with Gasteiger partial charge in [0, 0.05) is 43.4 Å². The maximum atomic E-state index is 13.0. The summed E-state index contributed by atoms with van der Waals surface area (Å²) in [6, 6.07) is 9.49. The van der Waals surface area contributed by atoms with Crippen LogP contribution in [0, 0.1) is 5.92 Å². The summed E-state index contributed by atoms with van der Waals surface area (Å²) in [5.41, 5.74) is 7.84. The van der Waals surface area contributed by atoms with Crippen molar-refractivity contribution in [3.8, 4) is 11.4 Å². The summed E-state index contributed by atoms with van der Waals surface area (Å²) in [7, 11) is 0. The number of imidazole rings is 1. The fourth-order valence-corrected chi connectivity index (χ4v) is 3.55. The zero-order chi connectivity index (χ0) is 18.8. The highest BCUT2D eigenvalue weighted by Gasteiger charge is 2.28. The lowest BCUT2D eigenvalue weighted by Crippen LogP contribution is -2.44. The first kappa shape index (κ1) is 17.1. The molecule has 0 saturated carbocycles. The van der Waals surface area contributed by atoms with Gasteiger partial charge in [-0.3, -0.25) is 9.59 Å². The summed E-state index contributed by atoms with van der Waals surface area (Å²) in [6.45, 7) is 1.03. The van der Waals surface area contributed by atoms with Crippen molar-refractivity contribution >= 4 is 11.8 Å². The second-order valence-electron chi connectivity index (χ2n) is 6.76. The lowest BCUT2D eigenvalue weighted by atomic mass is 9.97. The molecule has 1 aromatic carbocycles. The van der Waals surface area contributed by atoms with E-state index >= 15 is 0 Å². The molecule has 7 nitrogen and oxygen atoms in total. The molecule has 4 rings (SSSR count). The maximum Gasteiger partial charge on any atom is 0.253 e. The Labute approximate surface area is 157 Å². The highest BCUT2D eigenvalue weighted by Crippen LogP contribution is 2.24. The fourth-order valence-electron chi connectivity index (χ4n) is 3.55. The third-order valence-electron chi connectivity index (χ3n) is 5.00. The van der Waals surface area contributed by atoms with Crippen molar-refractivity contribution in [2.75, 3.05) is 13.1 Å². The van der Waals surface area contributed by atoms with E-state index < -0.39 is 0 Å². The van der Waals surface area contributed by atoms with Gasteiger partial charge in [-0.05, 0) is 43.2 Å². The topological polar surface area (TPSA) is 86.2 Å². The normalized spacial score (nSPS) is 17.0. The van der Waals surface area contributed by atoms with Crippen LogP contribution in [0.15, 0.2) is 61.4 Å². The third-order valence-corrected chi connectivity index (χ3v) is 5.00. The van der Waals surface area contributed by atoms with Crippen LogP contribution in [0.25, 0.3) is 11.4 Å². The number of nitrogens with zero attached hydrogens (tertiary/aromatic N) is 4. The van der Waals surface area contributed by atoms with Crippen molar-refractivity contribution < 1.29 is 9.59 Å². The van der Waals surface area contributed by atoms with Gasteiger partial charge in [0.25, 0.3) is 5.91 Å². The predicted molar refractivity (Wildman–Crippen MR) is 101 cm³/mol. The number of hydrogen-bond donors (Lipinski definition) is 1. The van der Waals surface area contributed by atoms with E-state index in [1.807, 2.05) is 58.1 Å². The molecule has 3 aromatic rings. The molecule has 1 aliphatic heterocycles. The van der Waals surface area contributed by atoms with E-state index in [4.69, 9.17) is 5.73 Å². The number of nitrogens with two attached hydrogens (primary N) is 1. The molecule has 1 aliphatic rings. The number of hydrogen-bond acceptors (Lipinski definition) is 3. The average molecular weight is 363 g/mol. The first-order valence-electron chi connectivity index (χ1n) is 8.98. The van der Waals surface area contributed by atoms with E-state index in [9.17, 15) is 9.59 Å². The van der Waals surface area contributed by atoms with Crippen LogP contribution in [-0.2, 0) is 4.79 Å². The Kier molecular flexibility index (Phi) is 4.50. The van der Waals surface area contributed by atoms with Gasteiger partial charge < -0.3 is 19.8 Å². The number of benzene rings is 1. The van der Waals surface area contributed by atoms with Crippen LogP contribution in [0.3, 0.4) is 0 Å². The van der Waals surface area contributed by atoms with Crippen LogP contribution < -0.4 is 5.73 Å². The van der Waals surface area contributed by atoms with E-state index in [1.54, 1.807) is 17.4 Å². The SMILES string of the molecule is NC(=O)[C@H]1CCCN(C(=O)c2ccc(-n3ccnc3)c(-n3cccc3)c2)C1. The van der Waals surface area contributed by atoms with Gasteiger partial charge in [-0.2, -0.15) is 0 Å². The van der Waals surface area contributed by atoms with Crippen LogP contribution in [0.4, 0.5) is 0 Å². The number of carbonyl (C=O) groups excluding carboxylic acids is 2. The first-order valence-corrected chi connectivity index (χ1v) is 8.98. The second kappa shape index (κ2) is 7.11. The molecule has 0 bridgehead atoms. The van der Waals surface area contributed by atoms with Crippen molar-refractivity contribution in [1.29, 1.82) is 0 Å². The molecular weight excluding hydrogens is 342 g/mol. The molecular formula is C20H21N5O2. The number of likely N-dealkylation sites (tertiary alicyclic amines) is 1. The summed E-state index contributed by atoms with van der Waals surface area (Å²) >= 11 is 0. The summed E-state index contributed by atoms with van der Waals surface area (Å²) in [5.74, 6) is -0.681. The molecule has 1 atom stereocenters. The highest BCUT2D eigenvalue weighted by molar-refractivity contribution is 5.95. The van der Waals surface area contributed by atoms with Crippen LogP contribution in [0.1, 0.15) is 23.2 Å². The number of amides is 2. The Hall–Kier alpha value is -3.35. The smallest absolute Gasteiger partial charge is 0.253 e. The summed E-state index contributed by atoms with van der Waals surface area (Å²) < 4.78 is 3.88. The monoisotopic (exact) mass is 363 g/mol. The molecule has 0 spiro atoms. The molecule has 2 N–H and O–H groups in total. The van der Waals surface area contributed by atoms with Crippen LogP contribution in [0.2, 0.25) is 0 Å². The largest absolute Gasteiger partial charge is 0.369 e.